The fourth-order valence-corrected chi connectivity index (χ4v) is 2.98. The molecule has 0 aliphatic heterocycles. The van der Waals surface area contributed by atoms with Crippen molar-refractivity contribution in [1.82, 2.24) is 9.78 Å². The molecule has 1 aromatic heterocycles. The van der Waals surface area contributed by atoms with Crippen molar-refractivity contribution in [2.45, 2.75) is 27.4 Å². The molecule has 0 radical (unpaired) electrons. The first-order chi connectivity index (χ1) is 14.1. The minimum Gasteiger partial charge on any atom is -0.493 e. The third kappa shape index (κ3) is 4.99. The zero-order chi connectivity index (χ0) is 20.8. The minimum atomic E-state index is -0.714. The van der Waals surface area contributed by atoms with Crippen LogP contribution in [0.1, 0.15) is 31.6 Å². The molecule has 2 aromatic carbocycles. The number of hydrogen-bond donors (Lipinski definition) is 1. The first kappa shape index (κ1) is 23.0. The molecule has 7 nitrogen and oxygen atoms in total. The predicted molar refractivity (Wildman–Crippen MR) is 118 cm³/mol. The molecule has 1 heterocycles. The van der Waals surface area contributed by atoms with Gasteiger partial charge < -0.3 is 19.5 Å². The summed E-state index contributed by atoms with van der Waals surface area (Å²) in [5.74, 6) is 1.45. The van der Waals surface area contributed by atoms with Crippen LogP contribution < -0.4 is 14.8 Å². The van der Waals surface area contributed by atoms with Crippen LogP contribution in [0.25, 0.3) is 5.69 Å². The fourth-order valence-electron chi connectivity index (χ4n) is 2.98. The lowest BCUT2D eigenvalue weighted by atomic mass is 10.1. The average Bonchev–Trinajstić information content (AvgIpc) is 3.20. The van der Waals surface area contributed by atoms with E-state index in [9.17, 15) is 4.79 Å². The highest BCUT2D eigenvalue weighted by Crippen LogP contribution is 2.30. The van der Waals surface area contributed by atoms with E-state index in [0.29, 0.717) is 23.9 Å². The summed E-state index contributed by atoms with van der Waals surface area (Å²) in [5.41, 5.74) is 2.65. The van der Waals surface area contributed by atoms with E-state index in [-0.39, 0.29) is 13.3 Å². The first-order valence-electron chi connectivity index (χ1n) is 9.32. The lowest BCUT2D eigenvalue weighted by Gasteiger charge is -2.18. The Balaban J connectivity index is 0.00000320. The van der Waals surface area contributed by atoms with Crippen molar-refractivity contribution in [3.63, 3.8) is 0 Å². The van der Waals surface area contributed by atoms with Crippen LogP contribution in [-0.4, -0.2) is 36.5 Å². The highest BCUT2D eigenvalue weighted by atomic mass is 16.5. The van der Waals surface area contributed by atoms with Crippen molar-refractivity contribution < 1.29 is 19.0 Å². The van der Waals surface area contributed by atoms with Gasteiger partial charge in [-0.15, -0.1) is 0 Å². The Morgan fingerprint density at radius 3 is 2.40 bits per heavy atom. The normalized spacial score (nSPS) is 11.3. The highest BCUT2D eigenvalue weighted by Gasteiger charge is 2.22. The zero-order valence-corrected chi connectivity index (χ0v) is 17.0. The maximum Gasteiger partial charge on any atom is 0.259 e. The van der Waals surface area contributed by atoms with Gasteiger partial charge in [-0.1, -0.05) is 37.3 Å². The van der Waals surface area contributed by atoms with Gasteiger partial charge in [-0.25, -0.2) is 4.68 Å². The molecule has 1 atom stereocenters. The summed E-state index contributed by atoms with van der Waals surface area (Å²) in [4.78, 5) is 13.0. The van der Waals surface area contributed by atoms with Crippen molar-refractivity contribution in [3.05, 3.63) is 65.9 Å². The molecule has 160 valence electrons. The van der Waals surface area contributed by atoms with Crippen LogP contribution in [0.4, 0.5) is 5.82 Å². The van der Waals surface area contributed by atoms with Gasteiger partial charge in [-0.2, -0.15) is 5.10 Å². The summed E-state index contributed by atoms with van der Waals surface area (Å²) in [6.07, 6.45) is 0.905. The number of rotatable bonds is 8. The number of carbonyl (C=O) groups excluding carboxylic acids is 1. The van der Waals surface area contributed by atoms with Crippen LogP contribution in [0.5, 0.6) is 11.5 Å². The van der Waals surface area contributed by atoms with Crippen LogP contribution in [0.2, 0.25) is 0 Å². The number of ether oxygens (including phenoxy) is 3. The molecule has 1 amide bonds. The maximum atomic E-state index is 13.0. The third-order valence-electron chi connectivity index (χ3n) is 4.46. The molecular weight excluding hydrogens is 382 g/mol. The summed E-state index contributed by atoms with van der Waals surface area (Å²) < 4.78 is 18.0. The molecule has 0 aliphatic rings. The van der Waals surface area contributed by atoms with Crippen molar-refractivity contribution in [1.29, 1.82) is 0 Å². The van der Waals surface area contributed by atoms with E-state index >= 15 is 0 Å². The molecular formula is C23H29N3O4. The number of aromatic nitrogens is 2. The van der Waals surface area contributed by atoms with Gasteiger partial charge in [0.25, 0.3) is 5.91 Å². The number of methoxy groups -OCH3 is 2. The van der Waals surface area contributed by atoms with E-state index in [1.165, 1.54) is 0 Å². The Morgan fingerprint density at radius 2 is 1.77 bits per heavy atom. The Hall–Kier alpha value is -3.32. The summed E-state index contributed by atoms with van der Waals surface area (Å²) in [6.45, 7) is 4.28. The minimum absolute atomic E-state index is 0. The second-order valence-electron chi connectivity index (χ2n) is 6.40. The predicted octanol–water partition coefficient (Wildman–Crippen LogP) is 4.55. The molecule has 1 N–H and O–H groups in total. The molecule has 7 heteroatoms. The number of amides is 1. The Labute approximate surface area is 177 Å². The number of nitrogens with zero attached hydrogens (tertiary/aromatic N) is 2. The smallest absolute Gasteiger partial charge is 0.259 e. The maximum absolute atomic E-state index is 13.0. The van der Waals surface area contributed by atoms with Crippen LogP contribution >= 0.6 is 0 Å². The molecule has 0 spiro atoms. The van der Waals surface area contributed by atoms with Crippen molar-refractivity contribution >= 4 is 11.7 Å². The molecule has 3 rings (SSSR count). The van der Waals surface area contributed by atoms with Gasteiger partial charge in [-0.05, 0) is 31.5 Å². The second kappa shape index (κ2) is 10.5. The summed E-state index contributed by atoms with van der Waals surface area (Å²) >= 11 is 0. The Kier molecular flexibility index (Phi) is 8.00. The standard InChI is InChI=1S/C22H25N3O4.CH4/c1-5-29-21(16-8-6-15(2)7-9-16)22(26)24-20-12-13-23-25(20)17-10-11-18(27-3)19(14-17)28-4;/h6-14,21H,5H2,1-4H3,(H,24,26);1H4. The van der Waals surface area contributed by atoms with Gasteiger partial charge in [0.15, 0.2) is 17.6 Å². The van der Waals surface area contributed by atoms with E-state index in [1.807, 2.05) is 44.2 Å². The van der Waals surface area contributed by atoms with E-state index < -0.39 is 6.10 Å². The average molecular weight is 412 g/mol. The van der Waals surface area contributed by atoms with Crippen molar-refractivity contribution in [3.8, 4) is 17.2 Å². The largest absolute Gasteiger partial charge is 0.493 e. The monoisotopic (exact) mass is 411 g/mol. The number of aryl methyl sites for hydroxylation is 1. The van der Waals surface area contributed by atoms with Crippen LogP contribution in [-0.2, 0) is 9.53 Å². The molecule has 0 aliphatic carbocycles. The van der Waals surface area contributed by atoms with Gasteiger partial charge in [-0.3, -0.25) is 4.79 Å². The molecule has 0 bridgehead atoms. The molecule has 30 heavy (non-hydrogen) atoms. The van der Waals surface area contributed by atoms with Gasteiger partial charge in [0, 0.05) is 18.7 Å². The van der Waals surface area contributed by atoms with Gasteiger partial charge in [0.05, 0.1) is 26.1 Å². The number of anilines is 1. The SMILES string of the molecule is C.CCOC(C(=O)Nc1ccnn1-c1ccc(OC)c(OC)c1)c1ccc(C)cc1. The van der Waals surface area contributed by atoms with Crippen molar-refractivity contribution in [2.24, 2.45) is 0 Å². The van der Waals surface area contributed by atoms with Gasteiger partial charge >= 0.3 is 0 Å². The molecule has 0 saturated heterocycles. The van der Waals surface area contributed by atoms with E-state index in [4.69, 9.17) is 14.2 Å². The van der Waals surface area contributed by atoms with Crippen LogP contribution in [0, 0.1) is 6.92 Å². The second-order valence-corrected chi connectivity index (χ2v) is 6.40. The van der Waals surface area contributed by atoms with Crippen LogP contribution in [0.15, 0.2) is 54.7 Å². The lowest BCUT2D eigenvalue weighted by Crippen LogP contribution is -2.25. The number of hydrogen-bond acceptors (Lipinski definition) is 5. The number of benzene rings is 2. The summed E-state index contributed by atoms with van der Waals surface area (Å²) in [7, 11) is 3.15. The number of nitrogens with one attached hydrogen (secondary N) is 1. The summed E-state index contributed by atoms with van der Waals surface area (Å²) in [6, 6.07) is 14.9. The molecule has 1 unspecified atom stereocenters. The molecule has 0 saturated carbocycles. The molecule has 3 aromatic rings. The van der Waals surface area contributed by atoms with E-state index in [2.05, 4.69) is 10.4 Å². The Bertz CT molecular complexity index is 967. The van der Waals surface area contributed by atoms with Gasteiger partial charge in [0.2, 0.25) is 0 Å². The number of carbonyl (C=O) groups is 1. The molecule has 0 fully saturated rings. The Morgan fingerprint density at radius 1 is 1.07 bits per heavy atom. The third-order valence-corrected chi connectivity index (χ3v) is 4.46. The van der Waals surface area contributed by atoms with E-state index in [1.54, 1.807) is 43.3 Å². The first-order valence-corrected chi connectivity index (χ1v) is 9.32. The van der Waals surface area contributed by atoms with Crippen molar-refractivity contribution in [2.75, 3.05) is 26.1 Å². The zero-order valence-electron chi connectivity index (χ0n) is 17.0. The van der Waals surface area contributed by atoms with E-state index in [0.717, 1.165) is 16.8 Å². The van der Waals surface area contributed by atoms with Gasteiger partial charge in [0.1, 0.15) is 5.82 Å². The summed E-state index contributed by atoms with van der Waals surface area (Å²) in [5, 5.41) is 7.24. The van der Waals surface area contributed by atoms with Crippen LogP contribution in [0.3, 0.4) is 0 Å². The topological polar surface area (TPSA) is 74.6 Å². The fraction of sp³-hybridized carbons (Fsp3) is 0.304. The highest BCUT2D eigenvalue weighted by molar-refractivity contribution is 5.94. The lowest BCUT2D eigenvalue weighted by molar-refractivity contribution is -0.127. The quantitative estimate of drug-likeness (QED) is 0.589.